The molecule has 0 bridgehead atoms. The fourth-order valence-electron chi connectivity index (χ4n) is 0. The lowest BCUT2D eigenvalue weighted by molar-refractivity contribution is 1.52. The highest BCUT2D eigenvalue weighted by Crippen LogP contribution is 1.75. The Morgan fingerprint density at radius 1 is 1.00 bits per heavy atom. The van der Waals surface area contributed by atoms with Crippen LogP contribution in [0.2, 0.25) is 0 Å². The van der Waals surface area contributed by atoms with Crippen molar-refractivity contribution in [3.8, 4) is 0 Å². The van der Waals surface area contributed by atoms with Gasteiger partial charge in [0.1, 0.15) is 0 Å². The topological polar surface area (TPSA) is 0 Å². The average molecular weight is 103 g/mol. The van der Waals surface area contributed by atoms with E-state index in [0.717, 1.165) is 0 Å². The molecular formula is C2H4Cl2. The molecule has 0 spiro atoms. The van der Waals surface area contributed by atoms with E-state index in [1.165, 1.54) is 0 Å². The third kappa shape index (κ3) is 2.58. The number of hydrogen-bond acceptors (Lipinski definition) is 0. The Kier molecular flexibility index (Phi) is 4.10. The van der Waals surface area contributed by atoms with E-state index in [4.69, 9.17) is 23.2 Å². The molecule has 0 fully saturated rings. The van der Waals surface area contributed by atoms with Crippen LogP contribution in [-0.4, -0.2) is 11.8 Å². The molecule has 0 aromatic carbocycles. The highest BCUT2D eigenvalue weighted by atomic mass is 35.5. The fourth-order valence-corrected chi connectivity index (χ4v) is 0. The first-order valence-corrected chi connectivity index (χ1v) is 2.10. The van der Waals surface area contributed by atoms with Crippen LogP contribution in [0.1, 0.15) is 0 Å². The van der Waals surface area contributed by atoms with Crippen LogP contribution >= 0.6 is 23.2 Å². The predicted molar refractivity (Wildman–Crippen MR) is 21.4 cm³/mol. The number of hydrogen-bond donors (Lipinski definition) is 0. The zero-order valence-corrected chi connectivity index (χ0v) is 3.68. The third-order valence-corrected chi connectivity index (χ3v) is 0.643. The lowest BCUT2D eigenvalue weighted by Gasteiger charge is -1.63. The van der Waals surface area contributed by atoms with Crippen molar-refractivity contribution >= 4 is 23.2 Å². The van der Waals surface area contributed by atoms with Gasteiger partial charge in [-0.1, -0.05) is 0 Å². The Morgan fingerprint density at radius 2 is 1.25 bits per heavy atom. The van der Waals surface area contributed by atoms with Crippen molar-refractivity contribution in [2.24, 2.45) is 0 Å². The van der Waals surface area contributed by atoms with Crippen LogP contribution in [0, 0.1) is 0 Å². The van der Waals surface area contributed by atoms with Gasteiger partial charge in [0, 0.05) is 11.8 Å². The van der Waals surface area contributed by atoms with E-state index in [0.29, 0.717) is 11.8 Å². The summed E-state index contributed by atoms with van der Waals surface area (Å²) in [5.41, 5.74) is 0. The quantitative estimate of drug-likeness (QED) is 0.440. The van der Waals surface area contributed by atoms with Crippen LogP contribution in [0.3, 0.4) is 0 Å². The van der Waals surface area contributed by atoms with Gasteiger partial charge in [0.05, 0.1) is 0 Å². The van der Waals surface area contributed by atoms with Gasteiger partial charge in [0.2, 0.25) is 0 Å². The van der Waals surface area contributed by atoms with Gasteiger partial charge < -0.3 is 0 Å². The summed E-state index contributed by atoms with van der Waals surface area (Å²) in [6.07, 6.45) is 0. The van der Waals surface area contributed by atoms with Crippen LogP contribution in [0.15, 0.2) is 0 Å². The molecule has 0 aromatic rings. The van der Waals surface area contributed by atoms with E-state index >= 15 is 0 Å². The zero-order valence-electron chi connectivity index (χ0n) is 2.17. The minimum Gasteiger partial charge on any atom is -0.125 e. The van der Waals surface area contributed by atoms with Crippen molar-refractivity contribution in [2.75, 3.05) is 11.8 Å². The standard InChI is InChI=1S/C2H4Cl2/c3-1-2-4/h1-2H2/i1+2,2+2. The summed E-state index contributed by atoms with van der Waals surface area (Å²) in [5, 5.41) is 0. The van der Waals surface area contributed by atoms with Gasteiger partial charge in [0.15, 0.2) is 0 Å². The molecule has 0 amide bonds. The highest BCUT2D eigenvalue weighted by Gasteiger charge is 1.61. The van der Waals surface area contributed by atoms with Crippen molar-refractivity contribution in [1.29, 1.82) is 0 Å². The predicted octanol–water partition coefficient (Wildman–Crippen LogP) is 1.46. The Morgan fingerprint density at radius 3 is 1.25 bits per heavy atom. The van der Waals surface area contributed by atoms with Gasteiger partial charge in [0.25, 0.3) is 0 Å². The van der Waals surface area contributed by atoms with E-state index in [1.807, 2.05) is 0 Å². The molecule has 0 aliphatic heterocycles. The molecule has 2 heteroatoms. The fraction of sp³-hybridized carbons (Fsp3) is 1.00. The Labute approximate surface area is 35.7 Å². The molecule has 0 aliphatic rings. The first-order valence-electron chi connectivity index (χ1n) is 1.03. The van der Waals surface area contributed by atoms with Crippen LogP contribution in [0.25, 0.3) is 0 Å². The van der Waals surface area contributed by atoms with Gasteiger partial charge in [-0.2, -0.15) is 0 Å². The first-order chi connectivity index (χ1) is 1.91. The number of alkyl halides is 2. The summed E-state index contributed by atoms with van der Waals surface area (Å²) in [7, 11) is 0. The summed E-state index contributed by atoms with van der Waals surface area (Å²) in [4.78, 5) is 0. The van der Waals surface area contributed by atoms with Gasteiger partial charge in [-0.15, -0.1) is 23.2 Å². The SMILES string of the molecule is Cl[14CH2][14CH2]Cl. The van der Waals surface area contributed by atoms with Crippen molar-refractivity contribution in [2.45, 2.75) is 0 Å². The average Bonchev–Trinajstić information content (AvgIpc) is 1.37. The molecule has 0 nitrogen and oxygen atoms in total. The van der Waals surface area contributed by atoms with Crippen molar-refractivity contribution in [1.82, 2.24) is 0 Å². The summed E-state index contributed by atoms with van der Waals surface area (Å²) >= 11 is 10.1. The van der Waals surface area contributed by atoms with Gasteiger partial charge in [-0.3, -0.25) is 0 Å². The summed E-state index contributed by atoms with van der Waals surface area (Å²) < 4.78 is 0. The minimum absolute atomic E-state index is 0.557. The third-order valence-electron chi connectivity index (χ3n) is 0.0714. The second-order valence-corrected chi connectivity index (χ2v) is 1.13. The molecule has 0 aromatic heterocycles. The number of rotatable bonds is 1. The number of halogens is 2. The van der Waals surface area contributed by atoms with Crippen LogP contribution < -0.4 is 0 Å². The van der Waals surface area contributed by atoms with Gasteiger partial charge in [-0.25, -0.2) is 0 Å². The molecule has 0 radical (unpaired) electrons. The molecule has 4 heavy (non-hydrogen) atoms. The lowest BCUT2D eigenvalue weighted by atomic mass is 13.0. The maximum Gasteiger partial charge on any atom is 0.0359 e. The molecule has 0 atom stereocenters. The van der Waals surface area contributed by atoms with E-state index in [9.17, 15) is 0 Å². The van der Waals surface area contributed by atoms with Crippen LogP contribution in [-0.2, 0) is 0 Å². The zero-order chi connectivity index (χ0) is 3.41. The Bertz CT molecular complexity index is 6.00. The second-order valence-electron chi connectivity index (χ2n) is 0.378. The van der Waals surface area contributed by atoms with Crippen molar-refractivity contribution in [3.05, 3.63) is 0 Å². The molecular weight excluding hydrogens is 98.9 g/mol. The maximum atomic E-state index is 5.05. The summed E-state index contributed by atoms with van der Waals surface area (Å²) in [6, 6.07) is 0. The lowest BCUT2D eigenvalue weighted by Crippen LogP contribution is -1.63. The first kappa shape index (κ1) is 4.58. The van der Waals surface area contributed by atoms with E-state index < -0.39 is 0 Å². The Balaban J connectivity index is 1.97. The molecule has 0 unspecified atom stereocenters. The summed E-state index contributed by atoms with van der Waals surface area (Å²) in [6.45, 7) is 0. The monoisotopic (exact) mass is 102 g/mol. The molecule has 0 rings (SSSR count). The minimum atomic E-state index is 0.557. The van der Waals surface area contributed by atoms with Gasteiger partial charge >= 0.3 is 0 Å². The maximum absolute atomic E-state index is 5.05. The normalized spacial score (nSPS) is 7.50. The largest absolute Gasteiger partial charge is 0.125 e. The van der Waals surface area contributed by atoms with Gasteiger partial charge in [-0.05, 0) is 0 Å². The highest BCUT2D eigenvalue weighted by molar-refractivity contribution is 6.25. The summed E-state index contributed by atoms with van der Waals surface area (Å²) in [5.74, 6) is 1.11. The molecule has 0 heterocycles. The smallest absolute Gasteiger partial charge is 0.0359 e. The van der Waals surface area contributed by atoms with Crippen LogP contribution in [0.5, 0.6) is 0 Å². The second kappa shape index (κ2) is 3.58. The van der Waals surface area contributed by atoms with E-state index in [2.05, 4.69) is 0 Å². The molecule has 0 N–H and O–H groups in total. The van der Waals surface area contributed by atoms with Crippen molar-refractivity contribution in [3.63, 3.8) is 0 Å². The van der Waals surface area contributed by atoms with E-state index in [1.54, 1.807) is 0 Å². The van der Waals surface area contributed by atoms with Crippen LogP contribution in [0.4, 0.5) is 0 Å². The molecule has 0 saturated carbocycles. The molecule has 26 valence electrons. The molecule has 0 saturated heterocycles. The van der Waals surface area contributed by atoms with Crippen molar-refractivity contribution < 1.29 is 0 Å². The molecule has 0 aliphatic carbocycles. The Hall–Kier alpha value is 0.580. The van der Waals surface area contributed by atoms with E-state index in [-0.39, 0.29) is 0 Å².